The highest BCUT2D eigenvalue weighted by Crippen LogP contribution is 2.29. The smallest absolute Gasteiger partial charge is 0.234 e. The Labute approximate surface area is 191 Å². The van der Waals surface area contributed by atoms with Crippen LogP contribution in [-0.2, 0) is 18.4 Å². The molecule has 1 aromatic heterocycles. The summed E-state index contributed by atoms with van der Waals surface area (Å²) in [5, 5.41) is 13.3. The van der Waals surface area contributed by atoms with Gasteiger partial charge in [-0.1, -0.05) is 58.2 Å². The molecule has 0 aliphatic carbocycles. The molecule has 0 bridgehead atoms. The summed E-state index contributed by atoms with van der Waals surface area (Å²) in [6.45, 7) is 0.152. The number of carbonyl (C=O) groups excluding carboxylic acids is 1. The summed E-state index contributed by atoms with van der Waals surface area (Å²) >= 11 is 25.1. The van der Waals surface area contributed by atoms with Gasteiger partial charge in [0.15, 0.2) is 11.0 Å². The van der Waals surface area contributed by atoms with E-state index < -0.39 is 0 Å². The molecule has 1 amide bonds. The first kappa shape index (κ1) is 22.1. The molecule has 3 rings (SSSR count). The van der Waals surface area contributed by atoms with E-state index in [9.17, 15) is 4.79 Å². The monoisotopic (exact) mass is 490 g/mol. The fourth-order valence-corrected chi connectivity index (χ4v) is 3.59. The molecule has 2 aromatic carbocycles. The third kappa shape index (κ3) is 5.93. The Morgan fingerprint density at radius 1 is 1.07 bits per heavy atom. The molecule has 0 radical (unpaired) electrons. The molecule has 29 heavy (non-hydrogen) atoms. The number of anilines is 1. The lowest BCUT2D eigenvalue weighted by molar-refractivity contribution is -0.113. The quantitative estimate of drug-likeness (QED) is 0.427. The fraction of sp³-hybridized carbons (Fsp3) is 0.167. The molecule has 0 saturated carbocycles. The number of halogens is 4. The van der Waals surface area contributed by atoms with Gasteiger partial charge in [-0.2, -0.15) is 0 Å². The van der Waals surface area contributed by atoms with Gasteiger partial charge in [0.2, 0.25) is 5.91 Å². The highest BCUT2D eigenvalue weighted by molar-refractivity contribution is 7.99. The zero-order valence-corrected chi connectivity index (χ0v) is 18.8. The molecule has 0 aliphatic heterocycles. The number of carbonyl (C=O) groups is 1. The van der Waals surface area contributed by atoms with E-state index in [2.05, 4.69) is 15.5 Å². The van der Waals surface area contributed by atoms with E-state index in [-0.39, 0.29) is 18.3 Å². The molecule has 1 heterocycles. The predicted octanol–water partition coefficient (Wildman–Crippen LogP) is 5.74. The van der Waals surface area contributed by atoms with Crippen molar-refractivity contribution in [1.82, 2.24) is 14.8 Å². The summed E-state index contributed by atoms with van der Waals surface area (Å²) in [5.41, 5.74) is 0.565. The van der Waals surface area contributed by atoms with Gasteiger partial charge in [-0.3, -0.25) is 4.79 Å². The minimum Gasteiger partial charge on any atom is -0.484 e. The number of nitrogens with zero attached hydrogens (tertiary/aromatic N) is 3. The van der Waals surface area contributed by atoms with Gasteiger partial charge in [0.05, 0.1) is 20.8 Å². The first-order valence-corrected chi connectivity index (χ1v) is 10.7. The number of benzene rings is 2. The highest BCUT2D eigenvalue weighted by Gasteiger charge is 2.13. The number of hydrogen-bond donors (Lipinski definition) is 1. The summed E-state index contributed by atoms with van der Waals surface area (Å²) in [6.07, 6.45) is 0. The van der Waals surface area contributed by atoms with Crippen molar-refractivity contribution in [2.45, 2.75) is 11.8 Å². The number of thioether (sulfide) groups is 1. The number of nitrogens with one attached hydrogen (secondary N) is 1. The topological polar surface area (TPSA) is 69.0 Å². The molecule has 152 valence electrons. The van der Waals surface area contributed by atoms with E-state index in [0.29, 0.717) is 42.5 Å². The van der Waals surface area contributed by atoms with Crippen molar-refractivity contribution in [2.75, 3.05) is 11.1 Å². The van der Waals surface area contributed by atoms with Gasteiger partial charge in [0.25, 0.3) is 0 Å². The molecule has 11 heteroatoms. The fourth-order valence-electron chi connectivity index (χ4n) is 2.23. The van der Waals surface area contributed by atoms with Crippen LogP contribution >= 0.6 is 58.2 Å². The maximum atomic E-state index is 12.2. The van der Waals surface area contributed by atoms with Crippen molar-refractivity contribution in [3.8, 4) is 5.75 Å². The Bertz CT molecular complexity index is 1040. The average Bonchev–Trinajstić information content (AvgIpc) is 3.03. The Hall–Kier alpha value is -1.64. The maximum Gasteiger partial charge on any atom is 0.234 e. The second-order valence-corrected chi connectivity index (χ2v) is 8.39. The molecule has 0 atom stereocenters. The van der Waals surface area contributed by atoms with E-state index in [0.717, 1.165) is 0 Å². The highest BCUT2D eigenvalue weighted by atomic mass is 35.5. The minimum atomic E-state index is -0.208. The van der Waals surface area contributed by atoms with Crippen LogP contribution in [0.3, 0.4) is 0 Å². The molecular weight excluding hydrogens is 478 g/mol. The average molecular weight is 492 g/mol. The second kappa shape index (κ2) is 9.91. The third-order valence-corrected chi connectivity index (χ3v) is 6.02. The van der Waals surface area contributed by atoms with Gasteiger partial charge in [-0.05, 0) is 30.3 Å². The molecule has 6 nitrogen and oxygen atoms in total. The van der Waals surface area contributed by atoms with Gasteiger partial charge < -0.3 is 14.6 Å². The minimum absolute atomic E-state index is 0.146. The SMILES string of the molecule is Cn1c(COc2cc(Cl)ccc2Cl)nnc1SCC(=O)Nc1ccc(Cl)c(Cl)c1. The third-order valence-electron chi connectivity index (χ3n) is 3.71. The Morgan fingerprint density at radius 2 is 1.83 bits per heavy atom. The zero-order valence-electron chi connectivity index (χ0n) is 15.0. The lowest BCUT2D eigenvalue weighted by atomic mass is 10.3. The molecule has 0 spiro atoms. The molecule has 0 saturated heterocycles. The van der Waals surface area contributed by atoms with Crippen molar-refractivity contribution in [1.29, 1.82) is 0 Å². The van der Waals surface area contributed by atoms with E-state index in [4.69, 9.17) is 51.1 Å². The number of aromatic nitrogens is 3. The molecule has 1 N–H and O–H groups in total. The first-order chi connectivity index (χ1) is 13.8. The van der Waals surface area contributed by atoms with Crippen LogP contribution in [0.1, 0.15) is 5.82 Å². The van der Waals surface area contributed by atoms with E-state index in [1.807, 2.05) is 0 Å². The van der Waals surface area contributed by atoms with Gasteiger partial charge in [0, 0.05) is 23.8 Å². The van der Waals surface area contributed by atoms with Crippen LogP contribution in [-0.4, -0.2) is 26.4 Å². The molecule has 3 aromatic rings. The summed E-state index contributed by atoms with van der Waals surface area (Å²) in [5.74, 6) is 0.971. The van der Waals surface area contributed by atoms with Gasteiger partial charge >= 0.3 is 0 Å². The maximum absolute atomic E-state index is 12.2. The molecular formula is C18H14Cl4N4O2S. The van der Waals surface area contributed by atoms with E-state index in [1.54, 1.807) is 48.0 Å². The number of amides is 1. The van der Waals surface area contributed by atoms with Crippen LogP contribution in [0.4, 0.5) is 5.69 Å². The van der Waals surface area contributed by atoms with Crippen molar-refractivity contribution < 1.29 is 9.53 Å². The first-order valence-electron chi connectivity index (χ1n) is 8.17. The number of hydrogen-bond acceptors (Lipinski definition) is 5. The summed E-state index contributed by atoms with van der Waals surface area (Å²) in [4.78, 5) is 12.2. The predicted molar refractivity (Wildman–Crippen MR) is 118 cm³/mol. The van der Waals surface area contributed by atoms with Crippen LogP contribution in [0.2, 0.25) is 20.1 Å². The van der Waals surface area contributed by atoms with Crippen molar-refractivity contribution in [3.05, 3.63) is 62.3 Å². The van der Waals surface area contributed by atoms with Crippen molar-refractivity contribution in [3.63, 3.8) is 0 Å². The standard InChI is InChI=1S/C18H14Cl4N4O2S/c1-26-16(8-28-15-6-10(19)2-4-13(15)21)24-25-18(26)29-9-17(27)23-11-3-5-12(20)14(22)7-11/h2-7H,8-9H2,1H3,(H,23,27). The zero-order chi connectivity index (χ0) is 21.0. The van der Waals surface area contributed by atoms with Crippen LogP contribution in [0.15, 0.2) is 41.6 Å². The van der Waals surface area contributed by atoms with Gasteiger partial charge in [-0.25, -0.2) is 0 Å². The van der Waals surface area contributed by atoms with Crippen LogP contribution in [0.25, 0.3) is 0 Å². The number of rotatable bonds is 7. The van der Waals surface area contributed by atoms with E-state index >= 15 is 0 Å². The van der Waals surface area contributed by atoms with Crippen molar-refractivity contribution in [2.24, 2.45) is 7.05 Å². The largest absolute Gasteiger partial charge is 0.484 e. The summed E-state index contributed by atoms with van der Waals surface area (Å²) < 4.78 is 7.42. The molecule has 0 unspecified atom stereocenters. The molecule has 0 aliphatic rings. The van der Waals surface area contributed by atoms with Crippen LogP contribution in [0, 0.1) is 0 Å². The lowest BCUT2D eigenvalue weighted by Crippen LogP contribution is -2.14. The lowest BCUT2D eigenvalue weighted by Gasteiger charge is -2.08. The summed E-state index contributed by atoms with van der Waals surface area (Å²) in [7, 11) is 1.79. The van der Waals surface area contributed by atoms with Gasteiger partial charge in [0.1, 0.15) is 12.4 Å². The summed E-state index contributed by atoms with van der Waals surface area (Å²) in [6, 6.07) is 9.85. The Kier molecular flexibility index (Phi) is 7.54. The number of ether oxygens (including phenoxy) is 1. The Morgan fingerprint density at radius 3 is 2.59 bits per heavy atom. The van der Waals surface area contributed by atoms with Crippen molar-refractivity contribution >= 4 is 69.8 Å². The van der Waals surface area contributed by atoms with Crippen LogP contribution in [0.5, 0.6) is 5.75 Å². The molecule has 0 fully saturated rings. The second-order valence-electron chi connectivity index (χ2n) is 5.79. The van der Waals surface area contributed by atoms with Gasteiger partial charge in [-0.15, -0.1) is 10.2 Å². The normalized spacial score (nSPS) is 10.8. The van der Waals surface area contributed by atoms with E-state index in [1.165, 1.54) is 11.8 Å². The Balaban J connectivity index is 1.55. The van der Waals surface area contributed by atoms with Crippen LogP contribution < -0.4 is 10.1 Å².